The van der Waals surface area contributed by atoms with E-state index < -0.39 is 0 Å². The minimum absolute atomic E-state index is 0.230. The zero-order valence-electron chi connectivity index (χ0n) is 14.5. The number of nitrogens with one attached hydrogen (secondary N) is 1. The molecule has 2 bridgehead atoms. The fraction of sp³-hybridized carbons (Fsp3) is 1.00. The van der Waals surface area contributed by atoms with E-state index in [0.29, 0.717) is 22.3 Å². The lowest BCUT2D eigenvalue weighted by molar-refractivity contribution is 0.0717. The summed E-state index contributed by atoms with van der Waals surface area (Å²) in [7, 11) is 0. The van der Waals surface area contributed by atoms with Gasteiger partial charge in [-0.05, 0) is 61.7 Å². The van der Waals surface area contributed by atoms with Crippen LogP contribution in [0.25, 0.3) is 0 Å². The van der Waals surface area contributed by atoms with Crippen molar-refractivity contribution in [3.8, 4) is 0 Å². The van der Waals surface area contributed by atoms with Crippen LogP contribution >= 0.6 is 0 Å². The second-order valence-corrected chi connectivity index (χ2v) is 10.1. The molecule has 0 aliphatic heterocycles. The highest BCUT2D eigenvalue weighted by Gasteiger charge is 2.59. The summed E-state index contributed by atoms with van der Waals surface area (Å²) in [4.78, 5) is 0. The van der Waals surface area contributed by atoms with Crippen LogP contribution in [0, 0.1) is 22.2 Å². The Balaban J connectivity index is 2.14. The normalized spacial score (nSPS) is 37.9. The summed E-state index contributed by atoms with van der Waals surface area (Å²) in [6.45, 7) is 19.3. The number of hydrogen-bond acceptors (Lipinski definition) is 1. The molecule has 0 heterocycles. The molecule has 1 N–H and O–H groups in total. The van der Waals surface area contributed by atoms with E-state index in [2.05, 4.69) is 60.7 Å². The molecule has 2 aliphatic rings. The largest absolute Gasteiger partial charge is 0.308 e. The average molecular weight is 265 g/mol. The molecule has 1 heteroatoms. The molecule has 3 unspecified atom stereocenters. The molecule has 2 aliphatic carbocycles. The van der Waals surface area contributed by atoms with Crippen LogP contribution < -0.4 is 5.32 Å². The average Bonchev–Trinajstić information content (AvgIpc) is 2.60. The molecule has 0 spiro atoms. The van der Waals surface area contributed by atoms with E-state index in [9.17, 15) is 0 Å². The molecule has 3 atom stereocenters. The summed E-state index contributed by atoms with van der Waals surface area (Å²) >= 11 is 0. The first-order chi connectivity index (χ1) is 8.36. The first kappa shape index (κ1) is 15.4. The standard InChI is InChI=1S/C18H35N/c1-15(2,3)12-16(4,5)19-14-17(6,7)13-9-10-18(14,8)11-13/h13-14,19H,9-12H2,1-8H3. The van der Waals surface area contributed by atoms with E-state index in [0.717, 1.165) is 5.92 Å². The van der Waals surface area contributed by atoms with Crippen LogP contribution in [0.5, 0.6) is 0 Å². The summed E-state index contributed by atoms with van der Waals surface area (Å²) in [5, 5.41) is 4.07. The molecule has 112 valence electrons. The van der Waals surface area contributed by atoms with Crippen molar-refractivity contribution in [2.24, 2.45) is 22.2 Å². The van der Waals surface area contributed by atoms with Gasteiger partial charge in [-0.15, -0.1) is 0 Å². The van der Waals surface area contributed by atoms with Crippen LogP contribution in [0.15, 0.2) is 0 Å². The quantitative estimate of drug-likeness (QED) is 0.756. The smallest absolute Gasteiger partial charge is 0.0180 e. The predicted molar refractivity (Wildman–Crippen MR) is 84.3 cm³/mol. The van der Waals surface area contributed by atoms with Gasteiger partial charge in [-0.1, -0.05) is 41.5 Å². The van der Waals surface area contributed by atoms with Gasteiger partial charge in [-0.3, -0.25) is 0 Å². The molecule has 2 saturated carbocycles. The molecule has 0 amide bonds. The highest BCUT2D eigenvalue weighted by Crippen LogP contribution is 2.62. The van der Waals surface area contributed by atoms with Gasteiger partial charge in [0.25, 0.3) is 0 Å². The molecule has 2 rings (SSSR count). The Morgan fingerprint density at radius 1 is 1.05 bits per heavy atom. The van der Waals surface area contributed by atoms with Crippen molar-refractivity contribution in [1.29, 1.82) is 0 Å². The zero-order valence-corrected chi connectivity index (χ0v) is 14.5. The van der Waals surface area contributed by atoms with Gasteiger partial charge in [0, 0.05) is 11.6 Å². The van der Waals surface area contributed by atoms with Crippen LogP contribution in [0.2, 0.25) is 0 Å². The lowest BCUT2D eigenvalue weighted by atomic mass is 9.67. The Morgan fingerprint density at radius 2 is 1.63 bits per heavy atom. The number of rotatable bonds is 3. The highest BCUT2D eigenvalue weighted by atomic mass is 15.1. The molecule has 19 heavy (non-hydrogen) atoms. The molecular formula is C18H35N. The van der Waals surface area contributed by atoms with Crippen LogP contribution in [-0.4, -0.2) is 11.6 Å². The third-order valence-electron chi connectivity index (χ3n) is 5.78. The number of fused-ring (bicyclic) bond motifs is 2. The van der Waals surface area contributed by atoms with E-state index in [1.807, 2.05) is 0 Å². The molecular weight excluding hydrogens is 230 g/mol. The SMILES string of the molecule is CC(C)(C)CC(C)(C)NC1C2(C)CCC(C2)C1(C)C. The summed E-state index contributed by atoms with van der Waals surface area (Å²) in [6.07, 6.45) is 5.53. The molecule has 0 saturated heterocycles. The van der Waals surface area contributed by atoms with Crippen molar-refractivity contribution in [3.05, 3.63) is 0 Å². The van der Waals surface area contributed by atoms with Crippen molar-refractivity contribution in [2.75, 3.05) is 0 Å². The van der Waals surface area contributed by atoms with E-state index in [1.165, 1.54) is 25.7 Å². The van der Waals surface area contributed by atoms with Crippen LogP contribution in [0.1, 0.15) is 81.1 Å². The minimum atomic E-state index is 0.230. The van der Waals surface area contributed by atoms with Crippen LogP contribution in [0.4, 0.5) is 0 Å². The highest BCUT2D eigenvalue weighted by molar-refractivity contribution is 5.13. The maximum atomic E-state index is 4.07. The second kappa shape index (κ2) is 4.23. The molecule has 0 aromatic rings. The fourth-order valence-corrected chi connectivity index (χ4v) is 5.43. The van der Waals surface area contributed by atoms with Gasteiger partial charge in [0.2, 0.25) is 0 Å². The fourth-order valence-electron chi connectivity index (χ4n) is 5.43. The van der Waals surface area contributed by atoms with Gasteiger partial charge in [-0.25, -0.2) is 0 Å². The lowest BCUT2D eigenvalue weighted by Crippen LogP contribution is -2.58. The summed E-state index contributed by atoms with van der Waals surface area (Å²) in [5.74, 6) is 0.931. The molecule has 0 aromatic carbocycles. The molecule has 0 aromatic heterocycles. The van der Waals surface area contributed by atoms with Crippen LogP contribution in [0.3, 0.4) is 0 Å². The van der Waals surface area contributed by atoms with Crippen molar-refractivity contribution in [2.45, 2.75) is 92.7 Å². The Morgan fingerprint density at radius 3 is 2.05 bits per heavy atom. The summed E-state index contributed by atoms with van der Waals surface area (Å²) < 4.78 is 0. The third-order valence-corrected chi connectivity index (χ3v) is 5.78. The Bertz CT molecular complexity index is 342. The van der Waals surface area contributed by atoms with E-state index >= 15 is 0 Å². The Hall–Kier alpha value is -0.0400. The van der Waals surface area contributed by atoms with Gasteiger partial charge in [0.1, 0.15) is 0 Å². The predicted octanol–water partition coefficient (Wildman–Crippen LogP) is 5.01. The lowest BCUT2D eigenvalue weighted by Gasteiger charge is -2.48. The molecule has 2 fully saturated rings. The molecule has 1 nitrogen and oxygen atoms in total. The van der Waals surface area contributed by atoms with Crippen molar-refractivity contribution in [1.82, 2.24) is 5.32 Å². The molecule has 0 radical (unpaired) electrons. The van der Waals surface area contributed by atoms with Gasteiger partial charge in [-0.2, -0.15) is 0 Å². The topological polar surface area (TPSA) is 12.0 Å². The Kier molecular flexibility index (Phi) is 3.42. The second-order valence-electron chi connectivity index (χ2n) is 10.1. The van der Waals surface area contributed by atoms with E-state index in [1.54, 1.807) is 0 Å². The zero-order chi connectivity index (χ0) is 14.7. The number of hydrogen-bond donors (Lipinski definition) is 1. The minimum Gasteiger partial charge on any atom is -0.308 e. The van der Waals surface area contributed by atoms with E-state index in [4.69, 9.17) is 0 Å². The van der Waals surface area contributed by atoms with Crippen LogP contribution in [-0.2, 0) is 0 Å². The maximum Gasteiger partial charge on any atom is 0.0180 e. The summed E-state index contributed by atoms with van der Waals surface area (Å²) in [6, 6.07) is 0.677. The van der Waals surface area contributed by atoms with E-state index in [-0.39, 0.29) is 5.54 Å². The van der Waals surface area contributed by atoms with Gasteiger partial charge in [0.15, 0.2) is 0 Å². The van der Waals surface area contributed by atoms with Gasteiger partial charge < -0.3 is 5.32 Å². The van der Waals surface area contributed by atoms with Gasteiger partial charge in [0.05, 0.1) is 0 Å². The summed E-state index contributed by atoms with van der Waals surface area (Å²) in [5.41, 5.74) is 1.61. The van der Waals surface area contributed by atoms with Gasteiger partial charge >= 0.3 is 0 Å². The Labute approximate surface area is 120 Å². The monoisotopic (exact) mass is 265 g/mol. The van der Waals surface area contributed by atoms with Crippen molar-refractivity contribution < 1.29 is 0 Å². The first-order valence-corrected chi connectivity index (χ1v) is 8.14. The first-order valence-electron chi connectivity index (χ1n) is 8.14. The van der Waals surface area contributed by atoms with Crippen molar-refractivity contribution >= 4 is 0 Å². The third kappa shape index (κ3) is 2.86. The van der Waals surface area contributed by atoms with Crippen molar-refractivity contribution in [3.63, 3.8) is 0 Å². The maximum absolute atomic E-state index is 4.07.